The van der Waals surface area contributed by atoms with Crippen LogP contribution in [0.4, 0.5) is 5.69 Å². The maximum atomic E-state index is 12.6. The molecule has 0 saturated carbocycles. The van der Waals surface area contributed by atoms with Gasteiger partial charge in [-0.1, -0.05) is 48.2 Å². The molecule has 1 aliphatic carbocycles. The highest BCUT2D eigenvalue weighted by atomic mass is 32.2. The molecule has 0 fully saturated rings. The number of thioether (sulfide) groups is 1. The molecule has 0 saturated heterocycles. The van der Waals surface area contributed by atoms with Crippen LogP contribution in [-0.2, 0) is 12.8 Å². The minimum atomic E-state index is 0.0817. The normalized spacial score (nSPS) is 17.7. The minimum Gasteiger partial charge on any atom is -0.335 e. The monoisotopic (exact) mass is 335 g/mol. The zero-order valence-electron chi connectivity index (χ0n) is 13.9. The molecule has 0 atom stereocenters. The average Bonchev–Trinajstić information content (AvgIpc) is 3.00. The number of benzene rings is 2. The molecule has 24 heavy (non-hydrogen) atoms. The molecule has 1 aliphatic heterocycles. The lowest BCUT2D eigenvalue weighted by atomic mass is 9.91. The van der Waals surface area contributed by atoms with Gasteiger partial charge >= 0.3 is 0 Å². The van der Waals surface area contributed by atoms with Crippen LogP contribution in [0, 0.1) is 0 Å². The van der Waals surface area contributed by atoms with Gasteiger partial charge < -0.3 is 4.90 Å². The first-order chi connectivity index (χ1) is 11.8. The van der Waals surface area contributed by atoms with Gasteiger partial charge in [-0.2, -0.15) is 0 Å². The summed E-state index contributed by atoms with van der Waals surface area (Å²) in [6, 6.07) is 14.1. The lowest BCUT2D eigenvalue weighted by molar-refractivity contribution is 0.104. The molecule has 2 aliphatic rings. The molecule has 3 heteroatoms. The summed E-state index contributed by atoms with van der Waals surface area (Å²) in [6.45, 7) is 3.03. The Morgan fingerprint density at radius 2 is 1.92 bits per heavy atom. The van der Waals surface area contributed by atoms with Crippen LogP contribution >= 0.6 is 11.8 Å². The molecule has 2 nitrogen and oxygen atoms in total. The molecule has 1 heterocycles. The largest absolute Gasteiger partial charge is 0.335 e. The molecule has 0 radical (unpaired) electrons. The van der Waals surface area contributed by atoms with E-state index in [9.17, 15) is 4.79 Å². The molecule has 0 N–H and O–H groups in total. The van der Waals surface area contributed by atoms with Gasteiger partial charge in [0.25, 0.3) is 0 Å². The van der Waals surface area contributed by atoms with E-state index in [1.165, 1.54) is 47.4 Å². The third-order valence-corrected chi connectivity index (χ3v) is 6.06. The van der Waals surface area contributed by atoms with Crippen molar-refractivity contribution in [2.24, 2.45) is 0 Å². The number of hydrogen-bond donors (Lipinski definition) is 0. The summed E-state index contributed by atoms with van der Waals surface area (Å²) in [4.78, 5) is 16.2. The lowest BCUT2D eigenvalue weighted by Crippen LogP contribution is -2.17. The smallest absolute Gasteiger partial charge is 0.188 e. The molecule has 0 spiro atoms. The van der Waals surface area contributed by atoms with E-state index in [1.54, 1.807) is 17.8 Å². The van der Waals surface area contributed by atoms with Crippen LogP contribution in [0.15, 0.2) is 58.5 Å². The molecular weight excluding hydrogens is 314 g/mol. The van der Waals surface area contributed by atoms with Crippen LogP contribution in [-0.4, -0.2) is 12.3 Å². The molecule has 2 aromatic rings. The number of fused-ring (bicyclic) bond motifs is 3. The summed E-state index contributed by atoms with van der Waals surface area (Å²) in [5.41, 5.74) is 5.03. The average molecular weight is 335 g/mol. The molecule has 0 bridgehead atoms. The van der Waals surface area contributed by atoms with E-state index < -0.39 is 0 Å². The van der Waals surface area contributed by atoms with Crippen molar-refractivity contribution >= 4 is 23.2 Å². The number of anilines is 1. The molecule has 0 aromatic heterocycles. The van der Waals surface area contributed by atoms with E-state index in [2.05, 4.69) is 24.0 Å². The van der Waals surface area contributed by atoms with Gasteiger partial charge in [-0.25, -0.2) is 0 Å². The van der Waals surface area contributed by atoms with E-state index in [-0.39, 0.29) is 5.78 Å². The van der Waals surface area contributed by atoms with Gasteiger partial charge in [0.2, 0.25) is 0 Å². The number of ketones is 1. The predicted molar refractivity (Wildman–Crippen MR) is 101 cm³/mol. The number of rotatable bonds is 3. The summed E-state index contributed by atoms with van der Waals surface area (Å²) in [6.07, 6.45) is 6.74. The topological polar surface area (TPSA) is 20.3 Å². The van der Waals surface area contributed by atoms with Crippen molar-refractivity contribution in [3.63, 3.8) is 0 Å². The highest BCUT2D eigenvalue weighted by molar-refractivity contribution is 8.03. The van der Waals surface area contributed by atoms with E-state index in [0.29, 0.717) is 0 Å². The molecule has 122 valence electrons. The maximum Gasteiger partial charge on any atom is 0.188 e. The van der Waals surface area contributed by atoms with E-state index in [1.807, 2.05) is 30.3 Å². The van der Waals surface area contributed by atoms with Crippen LogP contribution < -0.4 is 4.90 Å². The zero-order valence-corrected chi connectivity index (χ0v) is 14.7. The Hall–Kier alpha value is -2.00. The van der Waals surface area contributed by atoms with Crippen molar-refractivity contribution in [1.29, 1.82) is 0 Å². The molecule has 4 rings (SSSR count). The second-order valence-corrected chi connectivity index (χ2v) is 7.35. The quantitative estimate of drug-likeness (QED) is 0.566. The third-order valence-electron chi connectivity index (χ3n) is 4.85. The number of nitrogens with zero attached hydrogens (tertiary/aromatic N) is 1. The van der Waals surface area contributed by atoms with Gasteiger partial charge in [0.15, 0.2) is 5.78 Å². The van der Waals surface area contributed by atoms with Crippen LogP contribution in [0.25, 0.3) is 0 Å². The second kappa shape index (κ2) is 6.48. The number of carbonyl (C=O) groups excluding carboxylic acids is 1. The Bertz CT molecular complexity index is 810. The van der Waals surface area contributed by atoms with E-state index >= 15 is 0 Å². The van der Waals surface area contributed by atoms with Crippen molar-refractivity contribution in [2.75, 3.05) is 11.4 Å². The van der Waals surface area contributed by atoms with Gasteiger partial charge in [-0.3, -0.25) is 4.79 Å². The van der Waals surface area contributed by atoms with Crippen LogP contribution in [0.1, 0.15) is 41.3 Å². The highest BCUT2D eigenvalue weighted by Crippen LogP contribution is 2.49. The first kappa shape index (κ1) is 15.5. The standard InChI is InChI=1S/C21H21NOS/c1-2-22-18-13-12-15-8-6-7-11-17(15)21(18)24-20(22)14-19(23)16-9-4-3-5-10-16/h3-5,9-10,12-14H,2,6-8,11H2,1H3/b20-14+. The Balaban J connectivity index is 1.71. The van der Waals surface area contributed by atoms with Gasteiger partial charge in [-0.15, -0.1) is 0 Å². The van der Waals surface area contributed by atoms with Gasteiger partial charge in [0.1, 0.15) is 0 Å². The van der Waals surface area contributed by atoms with E-state index in [0.717, 1.165) is 17.1 Å². The summed E-state index contributed by atoms with van der Waals surface area (Å²) in [5, 5.41) is 1.06. The maximum absolute atomic E-state index is 12.6. The molecule has 2 aromatic carbocycles. The van der Waals surface area contributed by atoms with Crippen LogP contribution in [0.2, 0.25) is 0 Å². The minimum absolute atomic E-state index is 0.0817. The van der Waals surface area contributed by atoms with Gasteiger partial charge in [-0.05, 0) is 49.8 Å². The van der Waals surface area contributed by atoms with Crippen molar-refractivity contribution in [1.82, 2.24) is 0 Å². The third kappa shape index (κ3) is 2.67. The Labute approximate surface area is 147 Å². The van der Waals surface area contributed by atoms with E-state index in [4.69, 9.17) is 0 Å². The fraction of sp³-hybridized carbons (Fsp3) is 0.286. The zero-order chi connectivity index (χ0) is 16.5. The van der Waals surface area contributed by atoms with Crippen molar-refractivity contribution in [3.05, 3.63) is 70.3 Å². The highest BCUT2D eigenvalue weighted by Gasteiger charge is 2.29. The Kier molecular flexibility index (Phi) is 4.19. The summed E-state index contributed by atoms with van der Waals surface area (Å²) in [5.74, 6) is 0.0817. The van der Waals surface area contributed by atoms with Crippen molar-refractivity contribution in [2.45, 2.75) is 37.5 Å². The lowest BCUT2D eigenvalue weighted by Gasteiger charge is -2.21. The number of hydrogen-bond acceptors (Lipinski definition) is 3. The number of allylic oxidation sites excluding steroid dienone is 1. The number of carbonyl (C=O) groups is 1. The molecule has 0 unspecified atom stereocenters. The fourth-order valence-corrected chi connectivity index (χ4v) is 4.97. The van der Waals surface area contributed by atoms with Crippen LogP contribution in [0.5, 0.6) is 0 Å². The first-order valence-electron chi connectivity index (χ1n) is 8.69. The second-order valence-electron chi connectivity index (χ2n) is 6.32. The summed E-state index contributed by atoms with van der Waals surface area (Å²) < 4.78 is 0. The van der Waals surface area contributed by atoms with Crippen LogP contribution in [0.3, 0.4) is 0 Å². The van der Waals surface area contributed by atoms with Gasteiger partial charge in [0.05, 0.1) is 10.7 Å². The van der Waals surface area contributed by atoms with Gasteiger partial charge in [0, 0.05) is 23.1 Å². The first-order valence-corrected chi connectivity index (χ1v) is 9.51. The van der Waals surface area contributed by atoms with Crippen molar-refractivity contribution in [3.8, 4) is 0 Å². The number of aryl methyl sites for hydroxylation is 1. The summed E-state index contributed by atoms with van der Waals surface area (Å²) in [7, 11) is 0. The van der Waals surface area contributed by atoms with Crippen molar-refractivity contribution < 1.29 is 4.79 Å². The summed E-state index contributed by atoms with van der Waals surface area (Å²) >= 11 is 1.77. The molecular formula is C21H21NOS. The Morgan fingerprint density at radius 3 is 2.71 bits per heavy atom. The fourth-order valence-electron chi connectivity index (χ4n) is 3.62. The predicted octanol–water partition coefficient (Wildman–Crippen LogP) is 5.22. The SMILES string of the molecule is CCN1/C(=C\C(=O)c2ccccc2)Sc2c1ccc1c2CCCC1. The molecule has 0 amide bonds. The Morgan fingerprint density at radius 1 is 1.12 bits per heavy atom.